The van der Waals surface area contributed by atoms with Crippen LogP contribution in [0, 0.1) is 5.92 Å². The molecule has 2 N–H and O–H groups in total. The first-order valence-corrected chi connectivity index (χ1v) is 10.3. The number of carbonyl (C=O) groups is 1. The topological polar surface area (TPSA) is 65.0 Å². The maximum Gasteiger partial charge on any atom is 0.234 e. The fraction of sp³-hybridized carbons (Fsp3) is 0.667. The molecule has 2 aliphatic heterocycles. The monoisotopic (exact) mass is 373 g/mol. The average Bonchev–Trinajstić information content (AvgIpc) is 3.12. The molecule has 1 aromatic carbocycles. The summed E-state index contributed by atoms with van der Waals surface area (Å²) in [5.41, 5.74) is 2.36. The van der Waals surface area contributed by atoms with Crippen LogP contribution in [0.4, 0.5) is 0 Å². The molecular formula is C21H31N3O3. The first-order valence-electron chi connectivity index (χ1n) is 10.3. The lowest BCUT2D eigenvalue weighted by atomic mass is 9.75. The number of carbonyl (C=O) groups excluding carboxylic acids is 1. The maximum absolute atomic E-state index is 12.8. The highest BCUT2D eigenvalue weighted by Crippen LogP contribution is 2.39. The molecule has 6 nitrogen and oxygen atoms in total. The van der Waals surface area contributed by atoms with Gasteiger partial charge < -0.3 is 20.1 Å². The van der Waals surface area contributed by atoms with E-state index in [1.807, 2.05) is 6.07 Å². The minimum atomic E-state index is -0.228. The van der Waals surface area contributed by atoms with Gasteiger partial charge in [0.2, 0.25) is 5.91 Å². The summed E-state index contributed by atoms with van der Waals surface area (Å²) in [6.45, 7) is 8.42. The molecule has 3 aliphatic rings. The highest BCUT2D eigenvalue weighted by molar-refractivity contribution is 5.78. The van der Waals surface area contributed by atoms with Crippen LogP contribution in [0.3, 0.4) is 0 Å². The predicted molar refractivity (Wildman–Crippen MR) is 104 cm³/mol. The Labute approximate surface area is 161 Å². The summed E-state index contributed by atoms with van der Waals surface area (Å²) >= 11 is 0. The van der Waals surface area contributed by atoms with Crippen LogP contribution in [-0.2, 0) is 11.2 Å². The Kier molecular flexibility index (Phi) is 5.66. The molecule has 2 fully saturated rings. The van der Waals surface area contributed by atoms with E-state index in [1.54, 1.807) is 0 Å². The van der Waals surface area contributed by atoms with Crippen molar-refractivity contribution < 1.29 is 14.6 Å². The van der Waals surface area contributed by atoms with Crippen LogP contribution in [0.1, 0.15) is 36.9 Å². The molecule has 6 heteroatoms. The van der Waals surface area contributed by atoms with Crippen molar-refractivity contribution in [1.82, 2.24) is 15.1 Å². The summed E-state index contributed by atoms with van der Waals surface area (Å²) in [4.78, 5) is 17.4. The minimum Gasteiger partial charge on any atom is -0.493 e. The number of amides is 1. The fourth-order valence-electron chi connectivity index (χ4n) is 4.46. The number of ether oxygens (including phenoxy) is 1. The van der Waals surface area contributed by atoms with Gasteiger partial charge in [0.1, 0.15) is 5.75 Å². The number of rotatable bonds is 6. The molecule has 1 unspecified atom stereocenters. The van der Waals surface area contributed by atoms with Gasteiger partial charge in [-0.25, -0.2) is 0 Å². The van der Waals surface area contributed by atoms with Crippen molar-refractivity contribution >= 4 is 5.91 Å². The van der Waals surface area contributed by atoms with Gasteiger partial charge in [-0.1, -0.05) is 13.0 Å². The SMILES string of the molecule is CCN1CCN(CC(=O)NC(c2ccc3c(c2)CCO3)C2CC(O)C2)CC1. The van der Waals surface area contributed by atoms with Gasteiger partial charge in [0.05, 0.1) is 25.3 Å². The third kappa shape index (κ3) is 4.28. The number of piperazine rings is 1. The Hall–Kier alpha value is -1.63. The van der Waals surface area contributed by atoms with E-state index >= 15 is 0 Å². The number of nitrogens with one attached hydrogen (secondary N) is 1. The van der Waals surface area contributed by atoms with Crippen LogP contribution < -0.4 is 10.1 Å². The predicted octanol–water partition coefficient (Wildman–Crippen LogP) is 1.19. The number of benzene rings is 1. The van der Waals surface area contributed by atoms with Crippen molar-refractivity contribution in [2.24, 2.45) is 5.92 Å². The molecule has 1 aliphatic carbocycles. The van der Waals surface area contributed by atoms with E-state index < -0.39 is 0 Å². The van der Waals surface area contributed by atoms with Crippen molar-refractivity contribution in [2.75, 3.05) is 45.9 Å². The van der Waals surface area contributed by atoms with E-state index in [-0.39, 0.29) is 18.1 Å². The largest absolute Gasteiger partial charge is 0.493 e. The molecule has 1 saturated heterocycles. The third-order valence-electron chi connectivity index (χ3n) is 6.29. The number of nitrogens with zero attached hydrogens (tertiary/aromatic N) is 2. The summed E-state index contributed by atoms with van der Waals surface area (Å²) in [6, 6.07) is 6.25. The Bertz CT molecular complexity index is 667. The average molecular weight is 373 g/mol. The lowest BCUT2D eigenvalue weighted by Gasteiger charge is -2.39. The van der Waals surface area contributed by atoms with Crippen LogP contribution in [0.2, 0.25) is 0 Å². The van der Waals surface area contributed by atoms with Gasteiger partial charge in [-0.15, -0.1) is 0 Å². The molecular weight excluding hydrogens is 342 g/mol. The number of hydrogen-bond acceptors (Lipinski definition) is 5. The molecule has 0 radical (unpaired) electrons. The van der Waals surface area contributed by atoms with Crippen LogP contribution in [-0.4, -0.2) is 72.8 Å². The first-order chi connectivity index (χ1) is 13.1. The van der Waals surface area contributed by atoms with E-state index in [0.29, 0.717) is 12.5 Å². The highest BCUT2D eigenvalue weighted by Gasteiger charge is 2.36. The number of aliphatic hydroxyl groups is 1. The maximum atomic E-state index is 12.8. The van der Waals surface area contributed by atoms with Gasteiger partial charge in [0.15, 0.2) is 0 Å². The van der Waals surface area contributed by atoms with Gasteiger partial charge in [0.25, 0.3) is 0 Å². The standard InChI is InChI=1S/C21H31N3O3/c1-2-23-6-8-24(9-7-23)14-20(26)22-21(17-12-18(25)13-17)16-3-4-19-15(11-16)5-10-27-19/h3-4,11,17-18,21,25H,2,5-10,12-14H2,1H3,(H,22,26). The van der Waals surface area contributed by atoms with Crippen LogP contribution in [0.15, 0.2) is 18.2 Å². The third-order valence-corrected chi connectivity index (χ3v) is 6.29. The van der Waals surface area contributed by atoms with Gasteiger partial charge >= 0.3 is 0 Å². The molecule has 4 rings (SSSR count). The Morgan fingerprint density at radius 3 is 2.70 bits per heavy atom. The molecule has 148 valence electrons. The smallest absolute Gasteiger partial charge is 0.234 e. The van der Waals surface area contributed by atoms with Crippen LogP contribution >= 0.6 is 0 Å². The number of hydrogen-bond donors (Lipinski definition) is 2. The Balaban J connectivity index is 1.40. The number of aliphatic hydroxyl groups excluding tert-OH is 1. The first kappa shape index (κ1) is 18.7. The van der Waals surface area contributed by atoms with E-state index in [0.717, 1.165) is 69.9 Å². The van der Waals surface area contributed by atoms with E-state index in [4.69, 9.17) is 4.74 Å². The van der Waals surface area contributed by atoms with Crippen molar-refractivity contribution in [2.45, 2.75) is 38.3 Å². The highest BCUT2D eigenvalue weighted by atomic mass is 16.5. The molecule has 1 aromatic rings. The summed E-state index contributed by atoms with van der Waals surface area (Å²) in [6.07, 6.45) is 2.22. The van der Waals surface area contributed by atoms with E-state index in [9.17, 15) is 9.90 Å². The zero-order chi connectivity index (χ0) is 18.8. The summed E-state index contributed by atoms with van der Waals surface area (Å²) in [7, 11) is 0. The Morgan fingerprint density at radius 1 is 1.26 bits per heavy atom. The van der Waals surface area contributed by atoms with Crippen molar-refractivity contribution in [3.63, 3.8) is 0 Å². The fourth-order valence-corrected chi connectivity index (χ4v) is 4.46. The lowest BCUT2D eigenvalue weighted by Crippen LogP contribution is -2.50. The molecule has 1 amide bonds. The van der Waals surface area contributed by atoms with Crippen molar-refractivity contribution in [1.29, 1.82) is 0 Å². The minimum absolute atomic E-state index is 0.0243. The Morgan fingerprint density at radius 2 is 2.00 bits per heavy atom. The molecule has 1 saturated carbocycles. The molecule has 0 aromatic heterocycles. The zero-order valence-corrected chi connectivity index (χ0v) is 16.2. The summed E-state index contributed by atoms with van der Waals surface area (Å²) in [5, 5.41) is 13.0. The van der Waals surface area contributed by atoms with Gasteiger partial charge in [-0.3, -0.25) is 9.69 Å². The molecule has 0 spiro atoms. The van der Waals surface area contributed by atoms with Crippen molar-refractivity contribution in [3.8, 4) is 5.75 Å². The summed E-state index contributed by atoms with van der Waals surface area (Å²) in [5.74, 6) is 1.36. The summed E-state index contributed by atoms with van der Waals surface area (Å²) < 4.78 is 5.61. The molecule has 1 atom stereocenters. The second-order valence-corrected chi connectivity index (χ2v) is 8.11. The lowest BCUT2D eigenvalue weighted by molar-refractivity contribution is -0.124. The second-order valence-electron chi connectivity index (χ2n) is 8.11. The second kappa shape index (κ2) is 8.17. The van der Waals surface area contributed by atoms with E-state index in [1.165, 1.54) is 5.56 Å². The van der Waals surface area contributed by atoms with Crippen LogP contribution in [0.5, 0.6) is 5.75 Å². The van der Waals surface area contributed by atoms with Crippen LogP contribution in [0.25, 0.3) is 0 Å². The molecule has 27 heavy (non-hydrogen) atoms. The van der Waals surface area contributed by atoms with Gasteiger partial charge in [0, 0.05) is 32.6 Å². The van der Waals surface area contributed by atoms with Gasteiger partial charge in [-0.05, 0) is 48.6 Å². The van der Waals surface area contributed by atoms with Gasteiger partial charge in [-0.2, -0.15) is 0 Å². The van der Waals surface area contributed by atoms with Crippen molar-refractivity contribution in [3.05, 3.63) is 29.3 Å². The molecule has 2 heterocycles. The number of likely N-dealkylation sites (N-methyl/N-ethyl adjacent to an activating group) is 1. The number of fused-ring (bicyclic) bond motifs is 1. The normalized spacial score (nSPS) is 26.7. The van der Waals surface area contributed by atoms with E-state index in [2.05, 4.69) is 34.2 Å². The quantitative estimate of drug-likeness (QED) is 0.784. The zero-order valence-electron chi connectivity index (χ0n) is 16.2. The molecule has 0 bridgehead atoms.